The Labute approximate surface area is 173 Å². The Morgan fingerprint density at radius 3 is 2.20 bits per heavy atom. The van der Waals surface area contributed by atoms with Gasteiger partial charge in [0.1, 0.15) is 0 Å². The van der Waals surface area contributed by atoms with Gasteiger partial charge < -0.3 is 14.2 Å². The summed E-state index contributed by atoms with van der Waals surface area (Å²) in [6, 6.07) is 14.5. The van der Waals surface area contributed by atoms with Gasteiger partial charge in [-0.15, -0.1) is 0 Å². The fraction of sp³-hybridized carbons (Fsp3) is 0.261. The monoisotopic (exact) mass is 404 g/mol. The zero-order valence-corrected chi connectivity index (χ0v) is 16.5. The molecule has 2 aliphatic heterocycles. The van der Waals surface area contributed by atoms with Crippen LogP contribution in [0.25, 0.3) is 10.8 Å². The van der Waals surface area contributed by atoms with Gasteiger partial charge in [0, 0.05) is 16.5 Å². The van der Waals surface area contributed by atoms with Gasteiger partial charge in [-0.1, -0.05) is 24.3 Å². The number of hydrogen-bond donors (Lipinski definition) is 1. The number of carbonyl (C=O) groups is 3. The molecule has 7 nitrogen and oxygen atoms in total. The van der Waals surface area contributed by atoms with Crippen molar-refractivity contribution in [1.29, 1.82) is 0 Å². The number of rotatable bonds is 4. The number of hydrogen-bond acceptors (Lipinski definition) is 4. The lowest BCUT2D eigenvalue weighted by Gasteiger charge is -2.33. The number of piperazine rings is 1. The van der Waals surface area contributed by atoms with Crippen molar-refractivity contribution in [3.63, 3.8) is 0 Å². The van der Waals surface area contributed by atoms with Gasteiger partial charge in [-0.3, -0.25) is 19.3 Å². The third-order valence-corrected chi connectivity index (χ3v) is 6.03. The maximum absolute atomic E-state index is 13.0. The minimum atomic E-state index is -0.227. The topological polar surface area (TPSA) is 75.3 Å². The molecule has 3 heterocycles. The Morgan fingerprint density at radius 2 is 1.60 bits per heavy atom. The van der Waals surface area contributed by atoms with Crippen LogP contribution in [0.4, 0.5) is 0 Å². The molecule has 1 N–H and O–H groups in total. The van der Waals surface area contributed by atoms with Crippen LogP contribution in [0, 0.1) is 0 Å². The molecule has 152 valence electrons. The van der Waals surface area contributed by atoms with E-state index >= 15 is 0 Å². The number of nitrogens with zero attached hydrogens (tertiary/aromatic N) is 2. The van der Waals surface area contributed by atoms with Gasteiger partial charge in [0.2, 0.25) is 0 Å². The minimum Gasteiger partial charge on any atom is -0.459 e. The van der Waals surface area contributed by atoms with Crippen molar-refractivity contribution in [2.45, 2.75) is 0 Å². The van der Waals surface area contributed by atoms with E-state index in [4.69, 9.17) is 4.42 Å². The molecule has 2 aliphatic rings. The van der Waals surface area contributed by atoms with Crippen molar-refractivity contribution in [2.24, 2.45) is 0 Å². The molecule has 0 saturated carbocycles. The van der Waals surface area contributed by atoms with Crippen LogP contribution in [0.1, 0.15) is 31.3 Å². The first-order chi connectivity index (χ1) is 14.6. The average molecular weight is 404 g/mol. The normalized spacial score (nSPS) is 17.1. The standard InChI is InChI=1S/C23H21N3O4/c27-21-17-6-1-4-16-5-2-7-18(20(16)17)22(28)26(21)14-11-24-9-12-25(13-10-24)23(29)19-8-3-15-30-19/h1-8,15H,9-14H2/p+1. The van der Waals surface area contributed by atoms with Crippen molar-refractivity contribution < 1.29 is 23.7 Å². The van der Waals surface area contributed by atoms with E-state index < -0.39 is 0 Å². The van der Waals surface area contributed by atoms with Gasteiger partial charge in [0.25, 0.3) is 17.7 Å². The molecule has 5 rings (SSSR count). The number of carbonyl (C=O) groups excluding carboxylic acids is 3. The third kappa shape index (κ3) is 3.07. The van der Waals surface area contributed by atoms with Crippen LogP contribution < -0.4 is 4.90 Å². The van der Waals surface area contributed by atoms with Crippen LogP contribution in [0.5, 0.6) is 0 Å². The SMILES string of the molecule is O=C(c1ccco1)N1CC[NH+](CCN2C(=O)c3cccc4cccc(c34)C2=O)CC1. The Morgan fingerprint density at radius 1 is 0.933 bits per heavy atom. The van der Waals surface area contributed by atoms with Crippen molar-refractivity contribution in [3.8, 4) is 0 Å². The Kier molecular flexibility index (Phi) is 4.59. The van der Waals surface area contributed by atoms with Gasteiger partial charge in [0.15, 0.2) is 5.76 Å². The molecular formula is C23H22N3O4+. The van der Waals surface area contributed by atoms with Crippen molar-refractivity contribution in [2.75, 3.05) is 39.3 Å². The highest BCUT2D eigenvalue weighted by molar-refractivity contribution is 6.25. The molecule has 0 radical (unpaired) electrons. The lowest BCUT2D eigenvalue weighted by Crippen LogP contribution is -3.15. The number of amides is 3. The summed E-state index contributed by atoms with van der Waals surface area (Å²) < 4.78 is 5.20. The first-order valence-electron chi connectivity index (χ1n) is 10.2. The first kappa shape index (κ1) is 18.6. The van der Waals surface area contributed by atoms with Gasteiger partial charge in [-0.05, 0) is 29.7 Å². The quantitative estimate of drug-likeness (QED) is 0.660. The molecule has 2 aromatic carbocycles. The van der Waals surface area contributed by atoms with Crippen LogP contribution in [0.2, 0.25) is 0 Å². The predicted molar refractivity (Wildman–Crippen MR) is 109 cm³/mol. The lowest BCUT2D eigenvalue weighted by atomic mass is 9.94. The molecule has 1 saturated heterocycles. The predicted octanol–water partition coefficient (Wildman–Crippen LogP) is 1.07. The molecule has 30 heavy (non-hydrogen) atoms. The van der Waals surface area contributed by atoms with E-state index in [1.54, 1.807) is 29.2 Å². The second kappa shape index (κ2) is 7.42. The summed E-state index contributed by atoms with van der Waals surface area (Å²) in [6.07, 6.45) is 1.50. The summed E-state index contributed by atoms with van der Waals surface area (Å²) >= 11 is 0. The van der Waals surface area contributed by atoms with Crippen LogP contribution in [0.15, 0.2) is 59.2 Å². The lowest BCUT2D eigenvalue weighted by molar-refractivity contribution is -0.903. The van der Waals surface area contributed by atoms with Gasteiger partial charge in [0.05, 0.1) is 45.5 Å². The van der Waals surface area contributed by atoms with Crippen molar-refractivity contribution >= 4 is 28.5 Å². The smallest absolute Gasteiger partial charge is 0.289 e. The molecule has 7 heteroatoms. The summed E-state index contributed by atoms with van der Waals surface area (Å²) in [5.41, 5.74) is 1.18. The highest BCUT2D eigenvalue weighted by atomic mass is 16.3. The number of nitrogens with one attached hydrogen (secondary N) is 1. The fourth-order valence-electron chi connectivity index (χ4n) is 4.39. The third-order valence-electron chi connectivity index (χ3n) is 6.03. The summed E-state index contributed by atoms with van der Waals surface area (Å²) in [6.45, 7) is 3.82. The van der Waals surface area contributed by atoms with Crippen LogP contribution in [0.3, 0.4) is 0 Å². The maximum atomic E-state index is 13.0. The molecule has 3 amide bonds. The Hall–Kier alpha value is -3.45. The second-order valence-electron chi connectivity index (χ2n) is 7.74. The molecule has 0 unspecified atom stereocenters. The van der Waals surface area contributed by atoms with E-state index in [1.807, 2.05) is 24.3 Å². The Bertz CT molecular complexity index is 1080. The maximum Gasteiger partial charge on any atom is 0.289 e. The van der Waals surface area contributed by atoms with Crippen LogP contribution in [-0.2, 0) is 0 Å². The van der Waals surface area contributed by atoms with Crippen molar-refractivity contribution in [3.05, 3.63) is 71.7 Å². The van der Waals surface area contributed by atoms with E-state index in [2.05, 4.69) is 0 Å². The van der Waals surface area contributed by atoms with Gasteiger partial charge in [-0.25, -0.2) is 0 Å². The minimum absolute atomic E-state index is 0.0925. The molecule has 0 spiro atoms. The largest absolute Gasteiger partial charge is 0.459 e. The van der Waals surface area contributed by atoms with Crippen molar-refractivity contribution in [1.82, 2.24) is 9.80 Å². The molecule has 0 atom stereocenters. The highest BCUT2D eigenvalue weighted by Crippen LogP contribution is 2.29. The average Bonchev–Trinajstić information content (AvgIpc) is 3.32. The molecule has 1 fully saturated rings. The van der Waals surface area contributed by atoms with Crippen LogP contribution >= 0.6 is 0 Å². The molecule has 3 aromatic rings. The second-order valence-corrected chi connectivity index (χ2v) is 7.74. The summed E-state index contributed by atoms with van der Waals surface area (Å²) in [5.74, 6) is -0.188. The molecule has 0 aliphatic carbocycles. The zero-order valence-electron chi connectivity index (χ0n) is 16.5. The summed E-state index contributed by atoms with van der Waals surface area (Å²) in [7, 11) is 0. The molecule has 1 aromatic heterocycles. The van der Waals surface area contributed by atoms with E-state index in [0.717, 1.165) is 23.9 Å². The summed E-state index contributed by atoms with van der Waals surface area (Å²) in [4.78, 5) is 42.8. The fourth-order valence-corrected chi connectivity index (χ4v) is 4.39. The van der Waals surface area contributed by atoms with E-state index in [0.29, 0.717) is 43.1 Å². The van der Waals surface area contributed by atoms with E-state index in [9.17, 15) is 14.4 Å². The van der Waals surface area contributed by atoms with E-state index in [-0.39, 0.29) is 17.7 Å². The van der Waals surface area contributed by atoms with Gasteiger partial charge >= 0.3 is 0 Å². The highest BCUT2D eigenvalue weighted by Gasteiger charge is 2.34. The van der Waals surface area contributed by atoms with Crippen LogP contribution in [-0.4, -0.2) is 66.8 Å². The van der Waals surface area contributed by atoms with Gasteiger partial charge in [-0.2, -0.15) is 0 Å². The number of furan rings is 1. The van der Waals surface area contributed by atoms with E-state index in [1.165, 1.54) is 16.1 Å². The Balaban J connectivity index is 1.24. The number of quaternary nitrogens is 1. The number of benzene rings is 2. The zero-order chi connectivity index (χ0) is 20.7. The molecule has 0 bridgehead atoms. The molecular weight excluding hydrogens is 382 g/mol. The first-order valence-corrected chi connectivity index (χ1v) is 10.2. The number of imide groups is 1. The summed E-state index contributed by atoms with van der Waals surface area (Å²) in [5, 5.41) is 1.66.